The van der Waals surface area contributed by atoms with Crippen LogP contribution < -0.4 is 4.90 Å². The lowest BCUT2D eigenvalue weighted by molar-refractivity contribution is 0.771. The molecule has 4 nitrogen and oxygen atoms in total. The van der Waals surface area contributed by atoms with E-state index >= 15 is 0 Å². The average molecular weight is 202 g/mol. The molecule has 4 heteroatoms. The quantitative estimate of drug-likeness (QED) is 0.757. The number of hydrogen-bond acceptors (Lipinski definition) is 3. The van der Waals surface area contributed by atoms with Gasteiger partial charge in [-0.1, -0.05) is 6.07 Å². The number of pyridine rings is 1. The number of aromatic nitrogens is 3. The van der Waals surface area contributed by atoms with Gasteiger partial charge >= 0.3 is 0 Å². The molecule has 1 aliphatic carbocycles. The van der Waals surface area contributed by atoms with Crippen LogP contribution in [0.4, 0.5) is 5.82 Å². The number of hydrogen-bond donors (Lipinski definition) is 0. The van der Waals surface area contributed by atoms with E-state index in [-0.39, 0.29) is 0 Å². The van der Waals surface area contributed by atoms with Crippen LogP contribution in [0.1, 0.15) is 12.8 Å². The summed E-state index contributed by atoms with van der Waals surface area (Å²) in [5.41, 5.74) is 0.912. The topological polar surface area (TPSA) is 33.4 Å². The lowest BCUT2D eigenvalue weighted by Gasteiger charge is -2.19. The van der Waals surface area contributed by atoms with Gasteiger partial charge in [-0.3, -0.25) is 4.40 Å². The first-order chi connectivity index (χ1) is 7.34. The van der Waals surface area contributed by atoms with Gasteiger partial charge in [-0.15, -0.1) is 10.2 Å². The zero-order valence-electron chi connectivity index (χ0n) is 8.80. The smallest absolute Gasteiger partial charge is 0.162 e. The summed E-state index contributed by atoms with van der Waals surface area (Å²) in [6, 6.07) is 6.11. The fourth-order valence-electron chi connectivity index (χ4n) is 1.93. The van der Waals surface area contributed by atoms with Crippen molar-refractivity contribution >= 4 is 11.5 Å². The highest BCUT2D eigenvalue weighted by Gasteiger charge is 2.23. The van der Waals surface area contributed by atoms with Crippen LogP contribution in [0.2, 0.25) is 0 Å². The van der Waals surface area contributed by atoms with Crippen molar-refractivity contribution in [3.63, 3.8) is 0 Å². The van der Waals surface area contributed by atoms with Gasteiger partial charge < -0.3 is 4.90 Å². The molecule has 3 rings (SSSR count). The van der Waals surface area contributed by atoms with Gasteiger partial charge in [-0.05, 0) is 30.9 Å². The lowest BCUT2D eigenvalue weighted by atomic mass is 10.3. The minimum absolute atomic E-state index is 0.890. The molecular weight excluding hydrogens is 188 g/mol. The molecule has 0 spiro atoms. The molecule has 2 aromatic rings. The van der Waals surface area contributed by atoms with E-state index < -0.39 is 0 Å². The summed E-state index contributed by atoms with van der Waals surface area (Å²) in [7, 11) is 2.13. The third kappa shape index (κ3) is 1.56. The number of fused-ring (bicyclic) bond motifs is 1. The van der Waals surface area contributed by atoms with Gasteiger partial charge in [-0.2, -0.15) is 0 Å². The maximum atomic E-state index is 4.04. The van der Waals surface area contributed by atoms with Crippen molar-refractivity contribution in [2.24, 2.45) is 5.92 Å². The monoisotopic (exact) mass is 202 g/mol. The zero-order valence-corrected chi connectivity index (χ0v) is 8.80. The summed E-state index contributed by atoms with van der Waals surface area (Å²) in [5, 5.41) is 7.97. The molecule has 0 atom stereocenters. The van der Waals surface area contributed by atoms with E-state index in [1.54, 1.807) is 6.33 Å². The predicted molar refractivity (Wildman–Crippen MR) is 59.0 cm³/mol. The van der Waals surface area contributed by atoms with Gasteiger partial charge in [0.15, 0.2) is 5.65 Å². The fraction of sp³-hybridized carbons (Fsp3) is 0.455. The third-order valence-corrected chi connectivity index (χ3v) is 2.93. The molecular formula is C11H14N4. The summed E-state index contributed by atoms with van der Waals surface area (Å²) in [5.74, 6) is 2.06. The van der Waals surface area contributed by atoms with Crippen LogP contribution in [-0.2, 0) is 0 Å². The molecule has 78 valence electrons. The van der Waals surface area contributed by atoms with E-state index in [9.17, 15) is 0 Å². The summed E-state index contributed by atoms with van der Waals surface area (Å²) < 4.78 is 2.03. The largest absolute Gasteiger partial charge is 0.360 e. The number of anilines is 1. The van der Waals surface area contributed by atoms with Crippen LogP contribution in [0.5, 0.6) is 0 Å². The van der Waals surface area contributed by atoms with Gasteiger partial charge in [0, 0.05) is 13.6 Å². The van der Waals surface area contributed by atoms with Crippen LogP contribution in [0, 0.1) is 5.92 Å². The molecule has 1 saturated carbocycles. The SMILES string of the molecule is CN(CC1CC1)c1cccc2nncn12. The second-order valence-corrected chi connectivity index (χ2v) is 4.27. The van der Waals surface area contributed by atoms with Crippen molar-refractivity contribution in [1.82, 2.24) is 14.6 Å². The van der Waals surface area contributed by atoms with Crippen LogP contribution in [0.25, 0.3) is 5.65 Å². The van der Waals surface area contributed by atoms with Gasteiger partial charge in [0.05, 0.1) is 0 Å². The highest BCUT2D eigenvalue weighted by molar-refractivity contribution is 5.50. The molecule has 0 amide bonds. The van der Waals surface area contributed by atoms with Gasteiger partial charge in [0.25, 0.3) is 0 Å². The highest BCUT2D eigenvalue weighted by atomic mass is 15.3. The molecule has 0 bridgehead atoms. The third-order valence-electron chi connectivity index (χ3n) is 2.93. The first-order valence-electron chi connectivity index (χ1n) is 5.34. The molecule has 0 N–H and O–H groups in total. The van der Waals surface area contributed by atoms with E-state index in [4.69, 9.17) is 0 Å². The number of rotatable bonds is 3. The normalized spacial score (nSPS) is 15.8. The standard InChI is InChI=1S/C11H14N4/c1-14(7-9-5-6-9)11-4-2-3-10-13-12-8-15(10)11/h2-4,8-9H,5-7H2,1H3. The Morgan fingerprint density at radius 2 is 2.33 bits per heavy atom. The molecule has 0 unspecified atom stereocenters. The molecule has 15 heavy (non-hydrogen) atoms. The summed E-state index contributed by atoms with van der Waals surface area (Å²) in [6.07, 6.45) is 4.53. The Morgan fingerprint density at radius 1 is 1.47 bits per heavy atom. The molecule has 0 aromatic carbocycles. The minimum atomic E-state index is 0.890. The summed E-state index contributed by atoms with van der Waals surface area (Å²) in [6.45, 7) is 1.14. The maximum Gasteiger partial charge on any atom is 0.162 e. The second-order valence-electron chi connectivity index (χ2n) is 4.27. The Morgan fingerprint density at radius 3 is 3.13 bits per heavy atom. The highest BCUT2D eigenvalue weighted by Crippen LogP contribution is 2.30. The Kier molecular flexibility index (Phi) is 1.87. The van der Waals surface area contributed by atoms with Crippen molar-refractivity contribution in [2.45, 2.75) is 12.8 Å². The van der Waals surface area contributed by atoms with Crippen molar-refractivity contribution in [3.05, 3.63) is 24.5 Å². The number of nitrogens with zero attached hydrogens (tertiary/aromatic N) is 4. The van der Waals surface area contributed by atoms with E-state index in [1.807, 2.05) is 16.5 Å². The van der Waals surface area contributed by atoms with Gasteiger partial charge in [0.2, 0.25) is 0 Å². The van der Waals surface area contributed by atoms with E-state index in [1.165, 1.54) is 18.7 Å². The van der Waals surface area contributed by atoms with Crippen molar-refractivity contribution in [1.29, 1.82) is 0 Å². The average Bonchev–Trinajstić information content (AvgIpc) is 2.93. The molecule has 1 aliphatic rings. The van der Waals surface area contributed by atoms with Crippen molar-refractivity contribution in [3.8, 4) is 0 Å². The molecule has 0 aliphatic heterocycles. The van der Waals surface area contributed by atoms with E-state index in [2.05, 4.69) is 28.2 Å². The van der Waals surface area contributed by atoms with Crippen LogP contribution in [0.15, 0.2) is 24.5 Å². The molecule has 0 radical (unpaired) electrons. The lowest BCUT2D eigenvalue weighted by Crippen LogP contribution is -2.22. The van der Waals surface area contributed by atoms with Crippen molar-refractivity contribution in [2.75, 3.05) is 18.5 Å². The maximum absolute atomic E-state index is 4.04. The van der Waals surface area contributed by atoms with Crippen LogP contribution in [-0.4, -0.2) is 28.2 Å². The Labute approximate surface area is 88.5 Å². The summed E-state index contributed by atoms with van der Waals surface area (Å²) >= 11 is 0. The molecule has 1 fully saturated rings. The Hall–Kier alpha value is -1.58. The van der Waals surface area contributed by atoms with E-state index in [0.29, 0.717) is 0 Å². The van der Waals surface area contributed by atoms with Gasteiger partial charge in [0.1, 0.15) is 12.1 Å². The first-order valence-corrected chi connectivity index (χ1v) is 5.34. The molecule has 2 aromatic heterocycles. The molecule has 0 saturated heterocycles. The second kappa shape index (κ2) is 3.22. The fourth-order valence-corrected chi connectivity index (χ4v) is 1.93. The van der Waals surface area contributed by atoms with Gasteiger partial charge in [-0.25, -0.2) is 0 Å². The van der Waals surface area contributed by atoms with Crippen molar-refractivity contribution < 1.29 is 0 Å². The summed E-state index contributed by atoms with van der Waals surface area (Å²) in [4.78, 5) is 2.29. The first kappa shape index (κ1) is 8.71. The Bertz CT molecular complexity index is 472. The molecule has 2 heterocycles. The predicted octanol–water partition coefficient (Wildman–Crippen LogP) is 1.58. The van der Waals surface area contributed by atoms with Crippen LogP contribution in [0.3, 0.4) is 0 Å². The van der Waals surface area contributed by atoms with E-state index in [0.717, 1.165) is 18.1 Å². The minimum Gasteiger partial charge on any atom is -0.360 e. The Balaban J connectivity index is 1.97. The van der Waals surface area contributed by atoms with Crippen LogP contribution >= 0.6 is 0 Å². The zero-order chi connectivity index (χ0) is 10.3.